The zero-order chi connectivity index (χ0) is 18.0. The van der Waals surface area contributed by atoms with Crippen LogP contribution in [0, 0.1) is 0 Å². The molecule has 0 fully saturated rings. The van der Waals surface area contributed by atoms with Gasteiger partial charge in [-0.3, -0.25) is 14.8 Å². The van der Waals surface area contributed by atoms with Gasteiger partial charge in [0.05, 0.1) is 17.8 Å². The van der Waals surface area contributed by atoms with Gasteiger partial charge in [-0.25, -0.2) is 9.67 Å². The largest absolute Gasteiger partial charge is 0.291 e. The molecule has 0 spiro atoms. The molecule has 0 aliphatic carbocycles. The average molecular weight is 400 g/mol. The summed E-state index contributed by atoms with van der Waals surface area (Å²) in [6.45, 7) is 2.03. The number of amides is 1. The molecule has 0 aliphatic heterocycles. The Morgan fingerprint density at radius 2 is 2.00 bits per heavy atom. The van der Waals surface area contributed by atoms with Crippen LogP contribution in [0.2, 0.25) is 15.1 Å². The number of anilines is 1. The number of carbonyl (C=O) groups is 1. The van der Waals surface area contributed by atoms with Gasteiger partial charge in [0.15, 0.2) is 0 Å². The number of nitrogens with zero attached hydrogens (tertiary/aromatic N) is 5. The highest BCUT2D eigenvalue weighted by atomic mass is 35.5. The first-order valence-electron chi connectivity index (χ1n) is 7.27. The Balaban J connectivity index is 1.68. The summed E-state index contributed by atoms with van der Waals surface area (Å²) in [6, 6.07) is 4.71. The van der Waals surface area contributed by atoms with Crippen LogP contribution >= 0.6 is 34.8 Å². The van der Waals surface area contributed by atoms with E-state index in [2.05, 4.69) is 20.5 Å². The normalized spacial score (nSPS) is 12.2. The van der Waals surface area contributed by atoms with Gasteiger partial charge in [-0.05, 0) is 19.1 Å². The highest BCUT2D eigenvalue weighted by molar-refractivity contribution is 6.36. The molecule has 0 saturated heterocycles. The van der Waals surface area contributed by atoms with Crippen LogP contribution in [-0.4, -0.2) is 30.5 Å². The van der Waals surface area contributed by atoms with Crippen LogP contribution in [-0.2, 0) is 11.3 Å². The lowest BCUT2D eigenvalue weighted by atomic mass is 10.2. The molecule has 7 nitrogen and oxygen atoms in total. The molecule has 0 aliphatic rings. The maximum Gasteiger partial charge on any atom is 0.251 e. The van der Waals surface area contributed by atoms with Crippen LogP contribution in [0.25, 0.3) is 0 Å². The third kappa shape index (κ3) is 4.12. The van der Waals surface area contributed by atoms with E-state index in [0.29, 0.717) is 21.6 Å². The lowest BCUT2D eigenvalue weighted by molar-refractivity contribution is -0.119. The van der Waals surface area contributed by atoms with Crippen LogP contribution in [0.3, 0.4) is 0 Å². The van der Waals surface area contributed by atoms with Crippen LogP contribution in [0.4, 0.5) is 5.95 Å². The summed E-state index contributed by atoms with van der Waals surface area (Å²) >= 11 is 18.1. The quantitative estimate of drug-likeness (QED) is 0.710. The van der Waals surface area contributed by atoms with E-state index in [1.807, 2.05) is 0 Å². The van der Waals surface area contributed by atoms with Crippen molar-refractivity contribution in [2.75, 3.05) is 5.32 Å². The van der Waals surface area contributed by atoms with Crippen molar-refractivity contribution < 1.29 is 4.79 Å². The third-order valence-corrected chi connectivity index (χ3v) is 4.40. The Morgan fingerprint density at radius 3 is 2.64 bits per heavy atom. The highest BCUT2D eigenvalue weighted by Crippen LogP contribution is 2.25. The molecule has 1 aromatic carbocycles. The van der Waals surface area contributed by atoms with Crippen molar-refractivity contribution >= 4 is 46.7 Å². The lowest BCUT2D eigenvalue weighted by Crippen LogP contribution is -2.24. The molecule has 1 N–H and O–H groups in total. The van der Waals surface area contributed by atoms with E-state index in [1.165, 1.54) is 21.9 Å². The topological polar surface area (TPSA) is 77.6 Å². The number of halogens is 3. The Bertz CT molecular complexity index is 886. The summed E-state index contributed by atoms with van der Waals surface area (Å²) in [5.74, 6) is -0.133. The molecule has 0 saturated carbocycles. The molecule has 2 heterocycles. The van der Waals surface area contributed by atoms with E-state index >= 15 is 0 Å². The first-order valence-corrected chi connectivity index (χ1v) is 8.40. The minimum absolute atomic E-state index is 0.179. The number of aromatic nitrogens is 5. The van der Waals surface area contributed by atoms with Crippen LogP contribution in [0.5, 0.6) is 0 Å². The molecule has 1 unspecified atom stereocenters. The number of hydrogen-bond acceptors (Lipinski definition) is 4. The SMILES string of the molecule is CC(C(=O)Nc1ncn(Cc2c(Cl)cccc2Cl)n1)n1cc(Cl)cn1. The van der Waals surface area contributed by atoms with Crippen LogP contribution in [0.15, 0.2) is 36.9 Å². The van der Waals surface area contributed by atoms with Crippen LogP contribution < -0.4 is 5.32 Å². The smallest absolute Gasteiger partial charge is 0.251 e. The van der Waals surface area contributed by atoms with Gasteiger partial charge >= 0.3 is 0 Å². The molecule has 3 aromatic rings. The van der Waals surface area contributed by atoms with E-state index in [4.69, 9.17) is 34.8 Å². The fourth-order valence-corrected chi connectivity index (χ4v) is 2.80. The Kier molecular flexibility index (Phi) is 5.27. The first kappa shape index (κ1) is 17.7. The molecule has 2 aromatic heterocycles. The average Bonchev–Trinajstić information content (AvgIpc) is 3.19. The summed E-state index contributed by atoms with van der Waals surface area (Å²) in [5.41, 5.74) is 0.730. The number of carbonyl (C=O) groups excluding carboxylic acids is 1. The van der Waals surface area contributed by atoms with Crippen molar-refractivity contribution in [3.05, 3.63) is 57.6 Å². The Hall–Kier alpha value is -2.09. The summed E-state index contributed by atoms with van der Waals surface area (Å²) in [6.07, 6.45) is 4.52. The maximum absolute atomic E-state index is 12.3. The van der Waals surface area contributed by atoms with Crippen molar-refractivity contribution in [3.8, 4) is 0 Å². The van der Waals surface area contributed by atoms with E-state index in [1.54, 1.807) is 31.3 Å². The molecule has 1 amide bonds. The molecular formula is C15H13Cl3N6O. The van der Waals surface area contributed by atoms with Gasteiger partial charge in [0.2, 0.25) is 5.95 Å². The Labute approximate surface area is 158 Å². The van der Waals surface area contributed by atoms with E-state index < -0.39 is 6.04 Å². The predicted octanol–water partition coefficient (Wildman–Crippen LogP) is 3.68. The molecule has 130 valence electrons. The van der Waals surface area contributed by atoms with E-state index in [0.717, 1.165) is 5.56 Å². The minimum atomic E-state index is -0.558. The summed E-state index contributed by atoms with van der Waals surface area (Å²) in [7, 11) is 0. The molecule has 0 radical (unpaired) electrons. The number of benzene rings is 1. The minimum Gasteiger partial charge on any atom is -0.291 e. The third-order valence-electron chi connectivity index (χ3n) is 3.50. The van der Waals surface area contributed by atoms with Gasteiger partial charge in [0.25, 0.3) is 5.91 Å². The van der Waals surface area contributed by atoms with Gasteiger partial charge < -0.3 is 0 Å². The van der Waals surface area contributed by atoms with Gasteiger partial charge in [-0.1, -0.05) is 40.9 Å². The molecular weight excluding hydrogens is 387 g/mol. The van der Waals surface area contributed by atoms with Gasteiger partial charge in [0.1, 0.15) is 12.4 Å². The van der Waals surface area contributed by atoms with E-state index in [9.17, 15) is 4.79 Å². The second-order valence-electron chi connectivity index (χ2n) is 5.27. The molecule has 10 heteroatoms. The molecule has 1 atom stereocenters. The molecule has 0 bridgehead atoms. The lowest BCUT2D eigenvalue weighted by Gasteiger charge is -2.10. The number of nitrogens with one attached hydrogen (secondary N) is 1. The highest BCUT2D eigenvalue weighted by Gasteiger charge is 2.18. The fourth-order valence-electron chi connectivity index (χ4n) is 2.13. The second-order valence-corrected chi connectivity index (χ2v) is 6.52. The van der Waals surface area contributed by atoms with Gasteiger partial charge in [0, 0.05) is 21.8 Å². The number of hydrogen-bond donors (Lipinski definition) is 1. The first-order chi connectivity index (χ1) is 11.9. The monoisotopic (exact) mass is 398 g/mol. The summed E-state index contributed by atoms with van der Waals surface area (Å²) in [5, 5.41) is 12.4. The Morgan fingerprint density at radius 1 is 1.28 bits per heavy atom. The van der Waals surface area contributed by atoms with Crippen molar-refractivity contribution in [1.82, 2.24) is 24.5 Å². The molecule has 25 heavy (non-hydrogen) atoms. The maximum atomic E-state index is 12.3. The van der Waals surface area contributed by atoms with Gasteiger partial charge in [-0.2, -0.15) is 5.10 Å². The zero-order valence-corrected chi connectivity index (χ0v) is 15.3. The van der Waals surface area contributed by atoms with Crippen molar-refractivity contribution in [1.29, 1.82) is 0 Å². The number of rotatable bonds is 5. The van der Waals surface area contributed by atoms with Crippen molar-refractivity contribution in [2.45, 2.75) is 19.5 Å². The zero-order valence-electron chi connectivity index (χ0n) is 13.0. The second kappa shape index (κ2) is 7.43. The molecule has 3 rings (SSSR count). The summed E-state index contributed by atoms with van der Waals surface area (Å²) < 4.78 is 3.00. The standard InChI is InChI=1S/C15H13Cl3N6O/c1-9(24-6-10(16)5-20-24)14(25)21-15-19-8-23(22-15)7-11-12(17)3-2-4-13(11)18/h2-6,8-9H,7H2,1H3,(H,21,22,25). The van der Waals surface area contributed by atoms with Crippen molar-refractivity contribution in [2.24, 2.45) is 0 Å². The fraction of sp³-hybridized carbons (Fsp3) is 0.200. The predicted molar refractivity (Wildman–Crippen MR) is 96.2 cm³/mol. The van der Waals surface area contributed by atoms with E-state index in [-0.39, 0.29) is 11.9 Å². The van der Waals surface area contributed by atoms with Crippen LogP contribution in [0.1, 0.15) is 18.5 Å². The van der Waals surface area contributed by atoms with Crippen molar-refractivity contribution in [3.63, 3.8) is 0 Å². The van der Waals surface area contributed by atoms with Gasteiger partial charge in [-0.15, -0.1) is 5.10 Å². The summed E-state index contributed by atoms with van der Waals surface area (Å²) in [4.78, 5) is 16.3.